The number of carbonyl (C=O) groups is 1. The molecule has 1 atom stereocenters. The van der Waals surface area contributed by atoms with Crippen molar-refractivity contribution < 1.29 is 18.7 Å². The molecule has 2 aromatic carbocycles. The highest BCUT2D eigenvalue weighted by Gasteiger charge is 2.15. The van der Waals surface area contributed by atoms with Crippen LogP contribution in [0.1, 0.15) is 12.5 Å². The van der Waals surface area contributed by atoms with Gasteiger partial charge in [-0.05, 0) is 61.9 Å². The first-order chi connectivity index (χ1) is 12.5. The Morgan fingerprint density at radius 3 is 2.46 bits per heavy atom. The fourth-order valence-corrected chi connectivity index (χ4v) is 2.55. The van der Waals surface area contributed by atoms with E-state index >= 15 is 0 Å². The predicted octanol–water partition coefficient (Wildman–Crippen LogP) is 3.52. The monoisotopic (exact) mass is 353 g/mol. The lowest BCUT2D eigenvalue weighted by molar-refractivity contribution is -0.122. The molecule has 0 saturated heterocycles. The van der Waals surface area contributed by atoms with E-state index in [1.54, 1.807) is 56.5 Å². The largest absolute Gasteiger partial charge is 0.497 e. The van der Waals surface area contributed by atoms with Crippen LogP contribution < -0.4 is 20.4 Å². The molecule has 26 heavy (non-hydrogen) atoms. The van der Waals surface area contributed by atoms with Gasteiger partial charge in [-0.1, -0.05) is 0 Å². The molecule has 1 heterocycles. The molecule has 1 amide bonds. The van der Waals surface area contributed by atoms with Gasteiger partial charge in [0.05, 0.1) is 7.11 Å². The third-order valence-corrected chi connectivity index (χ3v) is 3.96. The number of aryl methyl sites for hydroxylation is 1. The van der Waals surface area contributed by atoms with Crippen LogP contribution >= 0.6 is 0 Å². The van der Waals surface area contributed by atoms with E-state index in [0.717, 1.165) is 10.9 Å². The Hall–Kier alpha value is -3.28. The Labute approximate surface area is 150 Å². The third-order valence-electron chi connectivity index (χ3n) is 3.96. The molecular formula is C20H19NO5. The zero-order valence-electron chi connectivity index (χ0n) is 14.7. The fraction of sp³-hybridized carbons (Fsp3) is 0.200. The Morgan fingerprint density at radius 2 is 1.77 bits per heavy atom. The molecular weight excluding hydrogens is 334 g/mol. The summed E-state index contributed by atoms with van der Waals surface area (Å²) in [5.74, 6) is 0.962. The van der Waals surface area contributed by atoms with E-state index in [-0.39, 0.29) is 5.91 Å². The quantitative estimate of drug-likeness (QED) is 0.710. The predicted molar refractivity (Wildman–Crippen MR) is 98.9 cm³/mol. The maximum absolute atomic E-state index is 12.3. The Kier molecular flexibility index (Phi) is 4.93. The second-order valence-electron chi connectivity index (χ2n) is 5.88. The number of ether oxygens (including phenoxy) is 2. The van der Waals surface area contributed by atoms with Gasteiger partial charge in [0, 0.05) is 17.1 Å². The van der Waals surface area contributed by atoms with Crippen molar-refractivity contribution in [3.8, 4) is 11.5 Å². The highest BCUT2D eigenvalue weighted by molar-refractivity contribution is 5.94. The molecule has 0 fully saturated rings. The van der Waals surface area contributed by atoms with Crippen molar-refractivity contribution in [1.29, 1.82) is 0 Å². The zero-order chi connectivity index (χ0) is 18.7. The highest BCUT2D eigenvalue weighted by Crippen LogP contribution is 2.23. The molecule has 0 aliphatic heterocycles. The van der Waals surface area contributed by atoms with Gasteiger partial charge in [-0.2, -0.15) is 0 Å². The lowest BCUT2D eigenvalue weighted by Crippen LogP contribution is -2.30. The van der Waals surface area contributed by atoms with Crippen LogP contribution in [0.3, 0.4) is 0 Å². The molecule has 6 nitrogen and oxygen atoms in total. The standard InChI is InChI=1S/C20H19NO5/c1-12-10-19(22)26-18-9-8-16(11-17(12)18)25-13(2)20(23)21-14-4-6-15(24-3)7-5-14/h4-11,13H,1-3H3,(H,21,23)/t13-/m1/s1. The number of benzene rings is 2. The molecule has 0 bridgehead atoms. The normalized spacial score (nSPS) is 11.8. The number of nitrogens with one attached hydrogen (secondary N) is 1. The number of amides is 1. The second kappa shape index (κ2) is 7.31. The maximum Gasteiger partial charge on any atom is 0.336 e. The van der Waals surface area contributed by atoms with E-state index in [4.69, 9.17) is 13.9 Å². The van der Waals surface area contributed by atoms with Gasteiger partial charge in [0.2, 0.25) is 0 Å². The summed E-state index contributed by atoms with van der Waals surface area (Å²) in [7, 11) is 1.58. The smallest absolute Gasteiger partial charge is 0.336 e. The van der Waals surface area contributed by atoms with E-state index in [2.05, 4.69) is 5.32 Å². The summed E-state index contributed by atoms with van der Waals surface area (Å²) in [5.41, 5.74) is 1.54. The maximum atomic E-state index is 12.3. The summed E-state index contributed by atoms with van der Waals surface area (Å²) in [6.07, 6.45) is -0.703. The SMILES string of the molecule is COc1ccc(NC(=O)[C@@H](C)Oc2ccc3oc(=O)cc(C)c3c2)cc1. The van der Waals surface area contributed by atoms with Gasteiger partial charge in [0.15, 0.2) is 6.10 Å². The molecule has 0 aliphatic carbocycles. The second-order valence-corrected chi connectivity index (χ2v) is 5.88. The number of fused-ring (bicyclic) bond motifs is 1. The summed E-state index contributed by atoms with van der Waals surface area (Å²) in [6.45, 7) is 3.49. The van der Waals surface area contributed by atoms with Gasteiger partial charge in [0.1, 0.15) is 17.1 Å². The summed E-state index contributed by atoms with van der Waals surface area (Å²) in [4.78, 5) is 23.7. The van der Waals surface area contributed by atoms with Crippen LogP contribution in [0.4, 0.5) is 5.69 Å². The average molecular weight is 353 g/mol. The summed E-state index contributed by atoms with van der Waals surface area (Å²) < 4.78 is 16.0. The molecule has 3 rings (SSSR count). The van der Waals surface area contributed by atoms with E-state index in [1.807, 2.05) is 6.92 Å². The first-order valence-corrected chi connectivity index (χ1v) is 8.12. The summed E-state index contributed by atoms with van der Waals surface area (Å²) in [6, 6.07) is 13.5. The summed E-state index contributed by atoms with van der Waals surface area (Å²) >= 11 is 0. The summed E-state index contributed by atoms with van der Waals surface area (Å²) in [5, 5.41) is 3.56. The van der Waals surface area contributed by atoms with Crippen LogP contribution in [0.2, 0.25) is 0 Å². The minimum absolute atomic E-state index is 0.272. The van der Waals surface area contributed by atoms with Gasteiger partial charge in [0.25, 0.3) is 5.91 Å². The van der Waals surface area contributed by atoms with Crippen molar-refractivity contribution in [2.75, 3.05) is 12.4 Å². The van der Waals surface area contributed by atoms with Crippen LogP contribution in [0.15, 0.2) is 57.7 Å². The Bertz CT molecular complexity index is 991. The van der Waals surface area contributed by atoms with E-state index in [0.29, 0.717) is 22.8 Å². The van der Waals surface area contributed by atoms with Crippen molar-refractivity contribution >= 4 is 22.6 Å². The van der Waals surface area contributed by atoms with Crippen molar-refractivity contribution in [3.05, 3.63) is 64.5 Å². The Balaban J connectivity index is 1.72. The van der Waals surface area contributed by atoms with Crippen molar-refractivity contribution in [3.63, 3.8) is 0 Å². The molecule has 3 aromatic rings. The highest BCUT2D eigenvalue weighted by atomic mass is 16.5. The number of anilines is 1. The molecule has 0 aliphatic rings. The van der Waals surface area contributed by atoms with Crippen molar-refractivity contribution in [1.82, 2.24) is 0 Å². The minimum Gasteiger partial charge on any atom is -0.497 e. The average Bonchev–Trinajstić information content (AvgIpc) is 2.62. The molecule has 0 saturated carbocycles. The Morgan fingerprint density at radius 1 is 1.08 bits per heavy atom. The first kappa shape index (κ1) is 17.5. The van der Waals surface area contributed by atoms with Gasteiger partial charge in [-0.3, -0.25) is 4.79 Å². The van der Waals surface area contributed by atoms with E-state index in [1.165, 1.54) is 6.07 Å². The first-order valence-electron chi connectivity index (χ1n) is 8.12. The topological polar surface area (TPSA) is 77.8 Å². The van der Waals surface area contributed by atoms with Crippen LogP contribution in [-0.2, 0) is 4.79 Å². The van der Waals surface area contributed by atoms with Crippen LogP contribution in [0, 0.1) is 6.92 Å². The van der Waals surface area contributed by atoms with E-state index in [9.17, 15) is 9.59 Å². The zero-order valence-corrected chi connectivity index (χ0v) is 14.7. The lowest BCUT2D eigenvalue weighted by Gasteiger charge is -2.15. The van der Waals surface area contributed by atoms with Gasteiger partial charge >= 0.3 is 5.63 Å². The molecule has 0 radical (unpaired) electrons. The van der Waals surface area contributed by atoms with Crippen LogP contribution in [-0.4, -0.2) is 19.1 Å². The molecule has 0 spiro atoms. The third kappa shape index (κ3) is 3.85. The van der Waals surface area contributed by atoms with Crippen molar-refractivity contribution in [2.45, 2.75) is 20.0 Å². The number of methoxy groups -OCH3 is 1. The van der Waals surface area contributed by atoms with Crippen LogP contribution in [0.5, 0.6) is 11.5 Å². The van der Waals surface area contributed by atoms with Gasteiger partial charge in [-0.15, -0.1) is 0 Å². The van der Waals surface area contributed by atoms with Crippen LogP contribution in [0.25, 0.3) is 11.0 Å². The van der Waals surface area contributed by atoms with E-state index < -0.39 is 11.7 Å². The van der Waals surface area contributed by atoms with Gasteiger partial charge < -0.3 is 19.2 Å². The number of hydrogen-bond acceptors (Lipinski definition) is 5. The number of carbonyl (C=O) groups excluding carboxylic acids is 1. The molecule has 1 aromatic heterocycles. The number of hydrogen-bond donors (Lipinski definition) is 1. The van der Waals surface area contributed by atoms with Crippen molar-refractivity contribution in [2.24, 2.45) is 0 Å². The molecule has 6 heteroatoms. The van der Waals surface area contributed by atoms with Gasteiger partial charge in [-0.25, -0.2) is 4.79 Å². The minimum atomic E-state index is -0.703. The molecule has 0 unspecified atom stereocenters. The number of rotatable bonds is 5. The molecule has 134 valence electrons. The molecule has 1 N–H and O–H groups in total. The lowest BCUT2D eigenvalue weighted by atomic mass is 10.1. The fourth-order valence-electron chi connectivity index (χ4n) is 2.55.